The zero-order chi connectivity index (χ0) is 19.3. The number of rotatable bonds is 9. The van der Waals surface area contributed by atoms with Crippen molar-refractivity contribution in [3.8, 4) is 0 Å². The van der Waals surface area contributed by atoms with E-state index in [1.807, 2.05) is 12.3 Å². The summed E-state index contributed by atoms with van der Waals surface area (Å²) in [6.45, 7) is 4.18. The normalized spacial score (nSPS) is 17.0. The largest absolute Gasteiger partial charge is 0.313 e. The minimum absolute atomic E-state index is 0.264. The van der Waals surface area contributed by atoms with Crippen LogP contribution in [0.25, 0.3) is 0 Å². The number of aromatic nitrogens is 3. The molecule has 2 N–H and O–H groups in total. The molecule has 2 aromatic heterocycles. The monoisotopic (exact) mass is 391 g/mol. The van der Waals surface area contributed by atoms with Gasteiger partial charge in [0, 0.05) is 30.7 Å². The lowest BCUT2D eigenvalue weighted by Crippen LogP contribution is -2.36. The number of hydrogen-bond donors (Lipinski definition) is 2. The third-order valence-electron chi connectivity index (χ3n) is 4.94. The van der Waals surface area contributed by atoms with Gasteiger partial charge in [-0.2, -0.15) is 5.10 Å². The highest BCUT2D eigenvalue weighted by molar-refractivity contribution is 7.88. The second-order valence-corrected chi connectivity index (χ2v) is 9.03. The Bertz CT molecular complexity index is 848. The summed E-state index contributed by atoms with van der Waals surface area (Å²) in [7, 11) is -3.23. The Morgan fingerprint density at radius 2 is 2.22 bits per heavy atom. The number of nitrogens with zero attached hydrogens (tertiary/aromatic N) is 3. The Balaban J connectivity index is 1.65. The zero-order valence-electron chi connectivity index (χ0n) is 16.1. The first kappa shape index (κ1) is 20.0. The number of pyridine rings is 1. The van der Waals surface area contributed by atoms with Gasteiger partial charge in [-0.1, -0.05) is 13.0 Å². The third kappa shape index (κ3) is 5.60. The van der Waals surface area contributed by atoms with Crippen molar-refractivity contribution < 1.29 is 8.42 Å². The van der Waals surface area contributed by atoms with Crippen LogP contribution in [-0.4, -0.2) is 42.0 Å². The summed E-state index contributed by atoms with van der Waals surface area (Å²) in [6, 6.07) is 4.45. The van der Waals surface area contributed by atoms with Crippen molar-refractivity contribution in [2.24, 2.45) is 0 Å². The zero-order valence-corrected chi connectivity index (χ0v) is 16.9. The molecule has 8 heteroatoms. The van der Waals surface area contributed by atoms with E-state index in [1.165, 1.54) is 23.1 Å². The minimum Gasteiger partial charge on any atom is -0.313 e. The van der Waals surface area contributed by atoms with Crippen LogP contribution in [0.4, 0.5) is 0 Å². The highest BCUT2D eigenvalue weighted by Gasteiger charge is 2.26. The van der Waals surface area contributed by atoms with Gasteiger partial charge in [0.1, 0.15) is 0 Å². The smallest absolute Gasteiger partial charge is 0.209 e. The quantitative estimate of drug-likeness (QED) is 0.675. The standard InChI is InChI=1S/C19H29N5O2S/c1-3-11-24-19-7-6-16(21-10-8-15-5-4-9-20-13-15)12-17(19)18(23-24)14-22-27(2,25)26/h4-5,9,13,16,21-22H,3,6-8,10-12,14H2,1-2H3. The third-order valence-corrected chi connectivity index (χ3v) is 5.61. The van der Waals surface area contributed by atoms with Crippen LogP contribution in [0.5, 0.6) is 0 Å². The van der Waals surface area contributed by atoms with E-state index in [2.05, 4.69) is 32.7 Å². The van der Waals surface area contributed by atoms with Crippen molar-refractivity contribution in [2.75, 3.05) is 12.8 Å². The summed E-state index contributed by atoms with van der Waals surface area (Å²) >= 11 is 0. The van der Waals surface area contributed by atoms with Gasteiger partial charge in [-0.05, 0) is 55.8 Å². The van der Waals surface area contributed by atoms with Crippen LogP contribution in [0.2, 0.25) is 0 Å². The van der Waals surface area contributed by atoms with Gasteiger partial charge in [0.15, 0.2) is 0 Å². The fourth-order valence-corrected chi connectivity index (χ4v) is 4.04. The van der Waals surface area contributed by atoms with E-state index >= 15 is 0 Å². The lowest BCUT2D eigenvalue weighted by atomic mass is 9.91. The molecular weight excluding hydrogens is 362 g/mol. The molecule has 1 atom stereocenters. The Hall–Kier alpha value is -1.77. The maximum absolute atomic E-state index is 11.5. The summed E-state index contributed by atoms with van der Waals surface area (Å²) in [6.07, 6.45) is 9.80. The number of nitrogens with one attached hydrogen (secondary N) is 2. The van der Waals surface area contributed by atoms with Gasteiger partial charge in [0.2, 0.25) is 10.0 Å². The first-order chi connectivity index (χ1) is 13.0. The molecular formula is C19H29N5O2S. The molecule has 0 bridgehead atoms. The Kier molecular flexibility index (Phi) is 6.62. The van der Waals surface area contributed by atoms with Crippen LogP contribution in [0.3, 0.4) is 0 Å². The molecule has 27 heavy (non-hydrogen) atoms. The van der Waals surface area contributed by atoms with Gasteiger partial charge < -0.3 is 5.32 Å². The van der Waals surface area contributed by atoms with E-state index in [0.717, 1.165) is 50.9 Å². The molecule has 1 aliphatic carbocycles. The SMILES string of the molecule is CCCn1nc(CNS(C)(=O)=O)c2c1CCC(NCCc1cccnc1)C2. The Labute approximate surface area is 161 Å². The average molecular weight is 392 g/mol. The van der Waals surface area contributed by atoms with Crippen LogP contribution < -0.4 is 10.0 Å². The van der Waals surface area contributed by atoms with E-state index in [1.54, 1.807) is 6.20 Å². The maximum Gasteiger partial charge on any atom is 0.209 e. The highest BCUT2D eigenvalue weighted by Crippen LogP contribution is 2.25. The minimum atomic E-state index is -3.23. The van der Waals surface area contributed by atoms with Crippen molar-refractivity contribution in [2.45, 2.75) is 58.2 Å². The summed E-state index contributed by atoms with van der Waals surface area (Å²) in [5.74, 6) is 0. The second kappa shape index (κ2) is 8.95. The molecule has 0 aliphatic heterocycles. The molecule has 0 amide bonds. The van der Waals surface area contributed by atoms with E-state index in [9.17, 15) is 8.42 Å². The molecule has 0 radical (unpaired) electrons. The average Bonchev–Trinajstić information content (AvgIpc) is 2.98. The first-order valence-electron chi connectivity index (χ1n) is 9.60. The second-order valence-electron chi connectivity index (χ2n) is 7.19. The lowest BCUT2D eigenvalue weighted by molar-refractivity contribution is 0.446. The molecule has 2 aromatic rings. The van der Waals surface area contributed by atoms with E-state index in [4.69, 9.17) is 5.10 Å². The fraction of sp³-hybridized carbons (Fsp3) is 0.579. The first-order valence-corrected chi connectivity index (χ1v) is 11.5. The Morgan fingerprint density at radius 3 is 2.93 bits per heavy atom. The summed E-state index contributed by atoms with van der Waals surface area (Å²) in [5, 5.41) is 8.35. The van der Waals surface area contributed by atoms with Crippen molar-refractivity contribution in [1.82, 2.24) is 24.8 Å². The van der Waals surface area contributed by atoms with Crippen LogP contribution in [0, 0.1) is 0 Å². The molecule has 1 aliphatic rings. The number of sulfonamides is 1. The van der Waals surface area contributed by atoms with Gasteiger partial charge in [-0.3, -0.25) is 9.67 Å². The molecule has 0 aromatic carbocycles. The topological polar surface area (TPSA) is 88.9 Å². The van der Waals surface area contributed by atoms with Gasteiger partial charge in [0.05, 0.1) is 18.5 Å². The van der Waals surface area contributed by atoms with E-state index in [-0.39, 0.29) is 6.54 Å². The fourth-order valence-electron chi connectivity index (χ4n) is 3.64. The van der Waals surface area contributed by atoms with Crippen molar-refractivity contribution in [3.63, 3.8) is 0 Å². The Morgan fingerprint density at radius 1 is 1.37 bits per heavy atom. The van der Waals surface area contributed by atoms with Crippen LogP contribution in [0.15, 0.2) is 24.5 Å². The van der Waals surface area contributed by atoms with Crippen molar-refractivity contribution in [3.05, 3.63) is 47.0 Å². The van der Waals surface area contributed by atoms with Crippen molar-refractivity contribution in [1.29, 1.82) is 0 Å². The van der Waals surface area contributed by atoms with Gasteiger partial charge >= 0.3 is 0 Å². The van der Waals surface area contributed by atoms with Crippen LogP contribution in [-0.2, 0) is 42.4 Å². The van der Waals surface area contributed by atoms with E-state index < -0.39 is 10.0 Å². The van der Waals surface area contributed by atoms with E-state index in [0.29, 0.717) is 6.04 Å². The molecule has 1 unspecified atom stereocenters. The van der Waals surface area contributed by atoms with Gasteiger partial charge in [-0.15, -0.1) is 0 Å². The summed E-state index contributed by atoms with van der Waals surface area (Å²) in [5.41, 5.74) is 4.58. The maximum atomic E-state index is 11.5. The molecule has 0 saturated carbocycles. The molecule has 0 spiro atoms. The summed E-state index contributed by atoms with van der Waals surface area (Å²) in [4.78, 5) is 4.16. The molecule has 7 nitrogen and oxygen atoms in total. The van der Waals surface area contributed by atoms with Gasteiger partial charge in [0.25, 0.3) is 0 Å². The molecule has 0 fully saturated rings. The lowest BCUT2D eigenvalue weighted by Gasteiger charge is -2.25. The molecule has 3 rings (SSSR count). The van der Waals surface area contributed by atoms with Gasteiger partial charge in [-0.25, -0.2) is 13.1 Å². The molecule has 2 heterocycles. The molecule has 0 saturated heterocycles. The van der Waals surface area contributed by atoms with Crippen LogP contribution in [0.1, 0.15) is 42.3 Å². The number of hydrogen-bond acceptors (Lipinski definition) is 5. The highest BCUT2D eigenvalue weighted by atomic mass is 32.2. The van der Waals surface area contributed by atoms with Crippen LogP contribution >= 0.6 is 0 Å². The predicted octanol–water partition coefficient (Wildman–Crippen LogP) is 1.43. The number of aryl methyl sites for hydroxylation is 1. The summed E-state index contributed by atoms with van der Waals surface area (Å²) < 4.78 is 27.6. The number of fused-ring (bicyclic) bond motifs is 1. The molecule has 148 valence electrons. The predicted molar refractivity (Wildman–Crippen MR) is 106 cm³/mol. The van der Waals surface area contributed by atoms with Crippen molar-refractivity contribution >= 4 is 10.0 Å².